The molecule has 0 radical (unpaired) electrons. The molecule has 0 aromatic heterocycles. The summed E-state index contributed by atoms with van der Waals surface area (Å²) >= 11 is 0. The molecule has 0 aromatic rings. The molecule has 2 fully saturated rings. The molecule has 0 spiro atoms. The number of nitrogens with one attached hydrogen (secondary N) is 1. The summed E-state index contributed by atoms with van der Waals surface area (Å²) < 4.78 is 5.51. The molecule has 0 bridgehead atoms. The smallest absolute Gasteiger partial charge is 0.326 e. The van der Waals surface area contributed by atoms with Gasteiger partial charge in [0.1, 0.15) is 12.6 Å². The fourth-order valence-electron chi connectivity index (χ4n) is 2.56. The predicted octanol–water partition coefficient (Wildman–Crippen LogP) is -1.20. The first kappa shape index (κ1) is 14.2. The van der Waals surface area contributed by atoms with E-state index in [9.17, 15) is 14.7 Å². The number of carbonyl (C=O) groups is 2. The van der Waals surface area contributed by atoms with Crippen LogP contribution in [0, 0.1) is 0 Å². The number of hydrogen-bond acceptors (Lipinski definition) is 5. The lowest BCUT2D eigenvalue weighted by molar-refractivity contribution is -0.151. The first-order valence-electron chi connectivity index (χ1n) is 6.60. The number of aliphatic hydroxyl groups is 1. The second-order valence-electron chi connectivity index (χ2n) is 5.05. The van der Waals surface area contributed by atoms with Gasteiger partial charge < -0.3 is 25.2 Å². The van der Waals surface area contributed by atoms with E-state index in [-0.39, 0.29) is 31.6 Å². The Bertz CT molecular complexity index is 343. The number of carbonyl (C=O) groups excluding carboxylic acids is 1. The molecule has 0 aliphatic carbocycles. The van der Waals surface area contributed by atoms with Gasteiger partial charge in [-0.05, 0) is 25.9 Å². The lowest BCUT2D eigenvalue weighted by Crippen LogP contribution is -2.43. The normalized spacial score (nSPS) is 28.6. The highest BCUT2D eigenvalue weighted by Gasteiger charge is 2.38. The number of carboxylic acid groups (broad SMARTS) is 1. The molecule has 19 heavy (non-hydrogen) atoms. The summed E-state index contributed by atoms with van der Waals surface area (Å²) in [5.41, 5.74) is 0. The molecule has 7 nitrogen and oxygen atoms in total. The second kappa shape index (κ2) is 6.31. The van der Waals surface area contributed by atoms with Gasteiger partial charge in [-0.15, -0.1) is 0 Å². The van der Waals surface area contributed by atoms with Crippen molar-refractivity contribution in [1.82, 2.24) is 10.2 Å². The number of nitrogens with zero attached hydrogens (tertiary/aromatic N) is 1. The van der Waals surface area contributed by atoms with Gasteiger partial charge in [0.05, 0.1) is 12.2 Å². The van der Waals surface area contributed by atoms with Crippen LogP contribution >= 0.6 is 0 Å². The Morgan fingerprint density at radius 3 is 2.63 bits per heavy atom. The SMILES string of the molecule is O=C(O)[C@@H]1CC(O)CN1C(=O)COC1CCNCC1. The lowest BCUT2D eigenvalue weighted by Gasteiger charge is -2.25. The van der Waals surface area contributed by atoms with E-state index >= 15 is 0 Å². The van der Waals surface area contributed by atoms with Gasteiger partial charge in [-0.25, -0.2) is 4.79 Å². The van der Waals surface area contributed by atoms with Crippen molar-refractivity contribution in [2.75, 3.05) is 26.2 Å². The van der Waals surface area contributed by atoms with E-state index in [4.69, 9.17) is 9.84 Å². The molecule has 0 aromatic carbocycles. The minimum Gasteiger partial charge on any atom is -0.480 e. The quantitative estimate of drug-likeness (QED) is 0.594. The van der Waals surface area contributed by atoms with Crippen LogP contribution in [0.15, 0.2) is 0 Å². The number of piperidine rings is 1. The third-order valence-corrected chi connectivity index (χ3v) is 3.61. The van der Waals surface area contributed by atoms with E-state index in [1.54, 1.807) is 0 Å². The number of rotatable bonds is 4. The summed E-state index contributed by atoms with van der Waals surface area (Å²) in [6.45, 7) is 1.71. The van der Waals surface area contributed by atoms with E-state index in [1.165, 1.54) is 4.90 Å². The monoisotopic (exact) mass is 272 g/mol. The Hall–Kier alpha value is -1.18. The summed E-state index contributed by atoms with van der Waals surface area (Å²) in [6.07, 6.45) is 1.11. The van der Waals surface area contributed by atoms with E-state index < -0.39 is 18.1 Å². The third kappa shape index (κ3) is 3.65. The van der Waals surface area contributed by atoms with Crippen LogP contribution in [0.4, 0.5) is 0 Å². The largest absolute Gasteiger partial charge is 0.480 e. The Morgan fingerprint density at radius 1 is 1.32 bits per heavy atom. The highest BCUT2D eigenvalue weighted by molar-refractivity contribution is 5.85. The topological polar surface area (TPSA) is 99.1 Å². The van der Waals surface area contributed by atoms with E-state index in [1.807, 2.05) is 0 Å². The van der Waals surface area contributed by atoms with Gasteiger partial charge in [-0.2, -0.15) is 0 Å². The summed E-state index contributed by atoms with van der Waals surface area (Å²) in [6, 6.07) is -0.931. The Balaban J connectivity index is 1.82. The van der Waals surface area contributed by atoms with E-state index in [0.717, 1.165) is 25.9 Å². The third-order valence-electron chi connectivity index (χ3n) is 3.61. The molecule has 2 heterocycles. The zero-order valence-corrected chi connectivity index (χ0v) is 10.7. The molecule has 108 valence electrons. The number of aliphatic hydroxyl groups excluding tert-OH is 1. The number of β-amino-alcohol motifs (C(OH)–C–C–N with tert-alkyl or cyclic N) is 1. The molecular weight excluding hydrogens is 252 g/mol. The molecular formula is C12H20N2O5. The van der Waals surface area contributed by atoms with Crippen molar-refractivity contribution in [3.63, 3.8) is 0 Å². The van der Waals surface area contributed by atoms with Crippen LogP contribution < -0.4 is 5.32 Å². The van der Waals surface area contributed by atoms with Crippen LogP contribution in [-0.2, 0) is 14.3 Å². The summed E-state index contributed by atoms with van der Waals surface area (Å²) in [7, 11) is 0. The number of likely N-dealkylation sites (tertiary alicyclic amines) is 1. The predicted molar refractivity (Wildman–Crippen MR) is 65.6 cm³/mol. The first-order chi connectivity index (χ1) is 9.08. The molecule has 2 saturated heterocycles. The second-order valence-corrected chi connectivity index (χ2v) is 5.05. The first-order valence-corrected chi connectivity index (χ1v) is 6.60. The zero-order chi connectivity index (χ0) is 13.8. The van der Waals surface area contributed by atoms with Crippen molar-refractivity contribution < 1.29 is 24.5 Å². The summed E-state index contributed by atoms with van der Waals surface area (Å²) in [5, 5.41) is 21.7. The molecule has 2 atom stereocenters. The summed E-state index contributed by atoms with van der Waals surface area (Å²) in [5.74, 6) is -1.44. The van der Waals surface area contributed by atoms with Gasteiger partial charge in [0.2, 0.25) is 5.91 Å². The number of ether oxygens (including phenoxy) is 1. The van der Waals surface area contributed by atoms with Crippen molar-refractivity contribution in [2.24, 2.45) is 0 Å². The summed E-state index contributed by atoms with van der Waals surface area (Å²) in [4.78, 5) is 24.2. The van der Waals surface area contributed by atoms with Crippen molar-refractivity contribution in [2.45, 2.75) is 37.5 Å². The van der Waals surface area contributed by atoms with Gasteiger partial charge in [0.15, 0.2) is 0 Å². The molecule has 2 aliphatic rings. The molecule has 1 amide bonds. The molecule has 1 unspecified atom stereocenters. The average Bonchev–Trinajstić information content (AvgIpc) is 2.79. The van der Waals surface area contributed by atoms with Gasteiger partial charge in [0, 0.05) is 13.0 Å². The van der Waals surface area contributed by atoms with Crippen molar-refractivity contribution in [3.8, 4) is 0 Å². The Morgan fingerprint density at radius 2 is 2.00 bits per heavy atom. The minimum absolute atomic E-state index is 0.0565. The standard InChI is InChI=1S/C12H20N2O5/c15-8-5-10(12(17)18)14(6-8)11(16)7-19-9-1-3-13-4-2-9/h8-10,13,15H,1-7H2,(H,17,18)/t8?,10-/m0/s1. The van der Waals surface area contributed by atoms with E-state index in [2.05, 4.69) is 5.32 Å². The van der Waals surface area contributed by atoms with Crippen LogP contribution in [0.1, 0.15) is 19.3 Å². The lowest BCUT2D eigenvalue weighted by atomic mass is 10.1. The highest BCUT2D eigenvalue weighted by Crippen LogP contribution is 2.18. The van der Waals surface area contributed by atoms with Crippen LogP contribution in [0.5, 0.6) is 0 Å². The van der Waals surface area contributed by atoms with Gasteiger partial charge >= 0.3 is 5.97 Å². The van der Waals surface area contributed by atoms with Gasteiger partial charge in [-0.3, -0.25) is 4.79 Å². The minimum atomic E-state index is -1.08. The molecule has 3 N–H and O–H groups in total. The molecule has 7 heteroatoms. The number of hydrogen-bond donors (Lipinski definition) is 3. The van der Waals surface area contributed by atoms with Crippen molar-refractivity contribution in [3.05, 3.63) is 0 Å². The molecule has 2 rings (SSSR count). The maximum Gasteiger partial charge on any atom is 0.326 e. The average molecular weight is 272 g/mol. The fraction of sp³-hybridized carbons (Fsp3) is 0.833. The number of amides is 1. The van der Waals surface area contributed by atoms with Crippen molar-refractivity contribution >= 4 is 11.9 Å². The molecule has 2 aliphatic heterocycles. The van der Waals surface area contributed by atoms with Crippen molar-refractivity contribution in [1.29, 1.82) is 0 Å². The maximum atomic E-state index is 12.0. The van der Waals surface area contributed by atoms with Gasteiger partial charge in [-0.1, -0.05) is 0 Å². The molecule has 0 saturated carbocycles. The number of carboxylic acids is 1. The van der Waals surface area contributed by atoms with Crippen LogP contribution in [-0.4, -0.2) is 71.5 Å². The van der Waals surface area contributed by atoms with Crippen LogP contribution in [0.25, 0.3) is 0 Å². The van der Waals surface area contributed by atoms with E-state index in [0.29, 0.717) is 0 Å². The maximum absolute atomic E-state index is 12.0. The fourth-order valence-corrected chi connectivity index (χ4v) is 2.56. The van der Waals surface area contributed by atoms with Crippen LogP contribution in [0.2, 0.25) is 0 Å². The van der Waals surface area contributed by atoms with Crippen LogP contribution in [0.3, 0.4) is 0 Å². The Kier molecular flexibility index (Phi) is 4.73. The number of aliphatic carboxylic acids is 1. The zero-order valence-electron chi connectivity index (χ0n) is 10.7. The van der Waals surface area contributed by atoms with Gasteiger partial charge in [0.25, 0.3) is 0 Å². The highest BCUT2D eigenvalue weighted by atomic mass is 16.5. The Labute approximate surface area is 111 Å².